The van der Waals surface area contributed by atoms with E-state index in [0.29, 0.717) is 22.9 Å². The summed E-state index contributed by atoms with van der Waals surface area (Å²) in [6, 6.07) is 26.4. The fraction of sp³-hybridized carbons (Fsp3) is 0.317. The van der Waals surface area contributed by atoms with Crippen molar-refractivity contribution in [1.82, 2.24) is 4.90 Å². The van der Waals surface area contributed by atoms with E-state index in [1.807, 2.05) is 54.6 Å². The Balaban J connectivity index is 1.50. The van der Waals surface area contributed by atoms with Crippen molar-refractivity contribution in [3.63, 3.8) is 0 Å². The summed E-state index contributed by atoms with van der Waals surface area (Å²) in [5, 5.41) is 24.0. The molecule has 0 saturated carbocycles. The van der Waals surface area contributed by atoms with Crippen LogP contribution in [0.1, 0.15) is 67.5 Å². The second-order valence-electron chi connectivity index (χ2n) is 13.7. The summed E-state index contributed by atoms with van der Waals surface area (Å²) in [6.45, 7) is 6.67. The molecule has 4 aromatic rings. The molecule has 12 heteroatoms. The molecule has 53 heavy (non-hydrogen) atoms. The van der Waals surface area contributed by atoms with Gasteiger partial charge in [0.05, 0.1) is 6.42 Å². The standard InChI is InChI=1S/C41H44N2O10/c1-26(43(21-11-14-27-12-7-5-8-13-27)39(48)37(46)32(24-36(44)45)40(49)53-41(2,3)4)31(28-17-19-33-35(22-28)51-25-50-33)23-30-18-20-34(52-30)38(47)42-29-15-9-6-10-16-29/h5-20,22,26,31-32,37,46H,21,23-25H2,1-4H3,(H,42,47)(H,44,45)/b14-11+/t26-,31+,32?,37?/m1/s1. The molecule has 0 bridgehead atoms. The van der Waals surface area contributed by atoms with E-state index >= 15 is 0 Å². The lowest BCUT2D eigenvalue weighted by Crippen LogP contribution is -2.51. The van der Waals surface area contributed by atoms with Gasteiger partial charge in [-0.2, -0.15) is 0 Å². The first-order valence-corrected chi connectivity index (χ1v) is 17.3. The lowest BCUT2D eigenvalue weighted by molar-refractivity contribution is -0.171. The maximum absolute atomic E-state index is 14.4. The van der Waals surface area contributed by atoms with Crippen LogP contribution in [0.2, 0.25) is 0 Å². The maximum Gasteiger partial charge on any atom is 0.313 e. The summed E-state index contributed by atoms with van der Waals surface area (Å²) in [5.74, 6) is -4.28. The molecular weight excluding hydrogens is 680 g/mol. The number of furan rings is 1. The van der Waals surface area contributed by atoms with Crippen molar-refractivity contribution in [2.45, 2.75) is 64.2 Å². The number of nitrogens with zero attached hydrogens (tertiary/aromatic N) is 1. The number of esters is 1. The fourth-order valence-electron chi connectivity index (χ4n) is 6.02. The largest absolute Gasteiger partial charge is 0.481 e. The third kappa shape index (κ3) is 10.4. The van der Waals surface area contributed by atoms with Crippen LogP contribution in [0.5, 0.6) is 11.5 Å². The van der Waals surface area contributed by atoms with Gasteiger partial charge in [-0.3, -0.25) is 19.2 Å². The van der Waals surface area contributed by atoms with Gasteiger partial charge in [0, 0.05) is 30.6 Å². The van der Waals surface area contributed by atoms with Gasteiger partial charge in [0.25, 0.3) is 11.8 Å². The summed E-state index contributed by atoms with van der Waals surface area (Å²) >= 11 is 0. The van der Waals surface area contributed by atoms with Crippen LogP contribution in [0.15, 0.2) is 101 Å². The molecular formula is C41H44N2O10. The molecule has 0 fully saturated rings. The van der Waals surface area contributed by atoms with Crippen molar-refractivity contribution < 1.29 is 48.0 Å². The number of para-hydroxylation sites is 1. The van der Waals surface area contributed by atoms with E-state index in [4.69, 9.17) is 18.6 Å². The number of carboxylic acid groups (broad SMARTS) is 1. The van der Waals surface area contributed by atoms with Crippen LogP contribution in [-0.4, -0.2) is 70.0 Å². The number of nitrogens with one attached hydrogen (secondary N) is 1. The van der Waals surface area contributed by atoms with Gasteiger partial charge in [0.2, 0.25) is 6.79 Å². The Morgan fingerprint density at radius 1 is 0.925 bits per heavy atom. The first kappa shape index (κ1) is 38.4. The van der Waals surface area contributed by atoms with Gasteiger partial charge in [0.1, 0.15) is 23.4 Å². The Kier molecular flexibility index (Phi) is 12.4. The zero-order valence-corrected chi connectivity index (χ0v) is 30.1. The van der Waals surface area contributed by atoms with Gasteiger partial charge >= 0.3 is 11.9 Å². The molecule has 2 unspecified atom stereocenters. The number of fused-ring (bicyclic) bond motifs is 1. The van der Waals surface area contributed by atoms with Crippen molar-refractivity contribution in [1.29, 1.82) is 0 Å². The monoisotopic (exact) mass is 724 g/mol. The van der Waals surface area contributed by atoms with Crippen molar-refractivity contribution in [3.05, 3.63) is 120 Å². The zero-order chi connectivity index (χ0) is 38.1. The number of carbonyl (C=O) groups excluding carboxylic acids is 3. The van der Waals surface area contributed by atoms with Crippen molar-refractivity contribution in [2.75, 3.05) is 18.7 Å². The van der Waals surface area contributed by atoms with E-state index < -0.39 is 59.8 Å². The van der Waals surface area contributed by atoms with E-state index in [-0.39, 0.29) is 25.5 Å². The van der Waals surface area contributed by atoms with Crippen molar-refractivity contribution >= 4 is 35.5 Å². The Bertz CT molecular complexity index is 1920. The van der Waals surface area contributed by atoms with Gasteiger partial charge in [0.15, 0.2) is 17.3 Å². The lowest BCUT2D eigenvalue weighted by atomic mass is 9.86. The molecule has 3 aromatic carbocycles. The number of aliphatic carboxylic acids is 1. The normalized spacial score (nSPS) is 14.6. The quantitative estimate of drug-likeness (QED) is 0.118. The third-order valence-corrected chi connectivity index (χ3v) is 8.67. The number of amides is 2. The van der Waals surface area contributed by atoms with Gasteiger partial charge < -0.3 is 39.1 Å². The molecule has 1 aliphatic heterocycles. The Hall–Kier alpha value is -5.88. The van der Waals surface area contributed by atoms with Gasteiger partial charge in [-0.05, 0) is 75.2 Å². The fourth-order valence-corrected chi connectivity index (χ4v) is 6.02. The molecule has 278 valence electrons. The van der Waals surface area contributed by atoms with Crippen LogP contribution in [0.3, 0.4) is 0 Å². The number of anilines is 1. The van der Waals surface area contributed by atoms with Gasteiger partial charge in [-0.1, -0.05) is 66.7 Å². The molecule has 4 atom stereocenters. The predicted molar refractivity (Wildman–Crippen MR) is 196 cm³/mol. The van der Waals surface area contributed by atoms with E-state index in [2.05, 4.69) is 5.32 Å². The highest BCUT2D eigenvalue weighted by Crippen LogP contribution is 2.38. The Labute approximate surface area is 308 Å². The molecule has 2 heterocycles. The summed E-state index contributed by atoms with van der Waals surface area (Å²) in [6.07, 6.45) is 0.915. The van der Waals surface area contributed by atoms with Crippen LogP contribution in [0.4, 0.5) is 5.69 Å². The highest BCUT2D eigenvalue weighted by atomic mass is 16.7. The average Bonchev–Trinajstić information content (AvgIpc) is 3.80. The van der Waals surface area contributed by atoms with Crippen LogP contribution >= 0.6 is 0 Å². The smallest absolute Gasteiger partial charge is 0.313 e. The van der Waals surface area contributed by atoms with Crippen LogP contribution in [0, 0.1) is 5.92 Å². The summed E-state index contributed by atoms with van der Waals surface area (Å²) in [5.41, 5.74) is 1.22. The Morgan fingerprint density at radius 2 is 1.60 bits per heavy atom. The van der Waals surface area contributed by atoms with Gasteiger partial charge in [-0.15, -0.1) is 0 Å². The molecule has 5 rings (SSSR count). The predicted octanol–water partition coefficient (Wildman–Crippen LogP) is 6.31. The topological polar surface area (TPSA) is 165 Å². The van der Waals surface area contributed by atoms with Crippen LogP contribution in [0.25, 0.3) is 6.08 Å². The van der Waals surface area contributed by atoms with Crippen LogP contribution < -0.4 is 14.8 Å². The molecule has 0 aliphatic carbocycles. The zero-order valence-electron chi connectivity index (χ0n) is 30.1. The van der Waals surface area contributed by atoms with Crippen molar-refractivity contribution in [2.24, 2.45) is 5.92 Å². The second-order valence-corrected chi connectivity index (χ2v) is 13.7. The number of benzene rings is 3. The number of hydrogen-bond acceptors (Lipinski definition) is 9. The summed E-state index contributed by atoms with van der Waals surface area (Å²) in [7, 11) is 0. The van der Waals surface area contributed by atoms with E-state index in [0.717, 1.165) is 11.1 Å². The number of carbonyl (C=O) groups is 4. The second kappa shape index (κ2) is 17.1. The lowest BCUT2D eigenvalue weighted by Gasteiger charge is -2.37. The minimum absolute atomic E-state index is 0.00992. The number of aliphatic hydroxyl groups is 1. The minimum atomic E-state index is -2.04. The highest BCUT2D eigenvalue weighted by Gasteiger charge is 2.41. The number of hydrogen-bond donors (Lipinski definition) is 3. The maximum atomic E-state index is 14.4. The molecule has 1 aliphatic rings. The van der Waals surface area contributed by atoms with Crippen molar-refractivity contribution in [3.8, 4) is 11.5 Å². The minimum Gasteiger partial charge on any atom is -0.481 e. The third-order valence-electron chi connectivity index (χ3n) is 8.67. The number of rotatable bonds is 15. The molecule has 0 radical (unpaired) electrons. The summed E-state index contributed by atoms with van der Waals surface area (Å²) in [4.78, 5) is 53.9. The Morgan fingerprint density at radius 3 is 2.28 bits per heavy atom. The van der Waals surface area contributed by atoms with Crippen LogP contribution in [-0.2, 0) is 25.5 Å². The molecule has 12 nitrogen and oxygen atoms in total. The van der Waals surface area contributed by atoms with E-state index in [1.54, 1.807) is 76.2 Å². The van der Waals surface area contributed by atoms with E-state index in [9.17, 15) is 29.4 Å². The molecule has 0 spiro atoms. The number of aliphatic hydroxyl groups excluding tert-OH is 1. The average molecular weight is 725 g/mol. The first-order chi connectivity index (χ1) is 25.3. The molecule has 0 saturated heterocycles. The van der Waals surface area contributed by atoms with Gasteiger partial charge in [-0.25, -0.2) is 0 Å². The first-order valence-electron chi connectivity index (χ1n) is 17.3. The summed E-state index contributed by atoms with van der Waals surface area (Å²) < 4.78 is 22.7. The molecule has 3 N–H and O–H groups in total. The number of carboxylic acids is 1. The van der Waals surface area contributed by atoms with E-state index in [1.165, 1.54) is 4.90 Å². The molecule has 2 amide bonds. The SMILES string of the molecule is C[C@H]([C@H](Cc1ccc(C(=O)Nc2ccccc2)o1)c1ccc2c(c1)OCO2)N(C/C=C/c1ccccc1)C(=O)C(O)C(CC(=O)O)C(=O)OC(C)(C)C. The highest BCUT2D eigenvalue weighted by molar-refractivity contribution is 6.02. The number of ether oxygens (including phenoxy) is 3. The molecule has 1 aromatic heterocycles.